The highest BCUT2D eigenvalue weighted by molar-refractivity contribution is 5.86. The molecule has 0 unspecified atom stereocenters. The van der Waals surface area contributed by atoms with Crippen LogP contribution < -0.4 is 0 Å². The van der Waals surface area contributed by atoms with E-state index in [0.717, 1.165) is 37.9 Å². The lowest BCUT2D eigenvalue weighted by Crippen LogP contribution is -2.44. The Morgan fingerprint density at radius 3 is 2.80 bits per heavy atom. The van der Waals surface area contributed by atoms with Gasteiger partial charge in [-0.3, -0.25) is 14.8 Å². The number of carbonyl (C=O) groups is 2. The van der Waals surface area contributed by atoms with Crippen molar-refractivity contribution >= 4 is 11.9 Å². The number of piperidine rings is 1. The number of aromatic amines is 1. The first-order valence-electron chi connectivity index (χ1n) is 10.5. The van der Waals surface area contributed by atoms with E-state index in [4.69, 9.17) is 4.74 Å². The number of carboxylic acid groups (broad SMARTS) is 1. The summed E-state index contributed by atoms with van der Waals surface area (Å²) in [6, 6.07) is 10.1. The molecule has 1 aromatic heterocycles. The summed E-state index contributed by atoms with van der Waals surface area (Å²) >= 11 is 0. The fraction of sp³-hybridized carbons (Fsp3) is 0.500. The molecule has 160 valence electrons. The summed E-state index contributed by atoms with van der Waals surface area (Å²) in [6.07, 6.45) is 4.31. The van der Waals surface area contributed by atoms with E-state index in [1.54, 1.807) is 6.20 Å². The fourth-order valence-electron chi connectivity index (χ4n) is 4.37. The monoisotopic (exact) mass is 412 g/mol. The summed E-state index contributed by atoms with van der Waals surface area (Å²) < 4.78 is 6.01. The number of carbonyl (C=O) groups excluding carboxylic acids is 1. The number of rotatable bonds is 7. The van der Waals surface area contributed by atoms with Crippen LogP contribution in [-0.2, 0) is 22.7 Å². The van der Waals surface area contributed by atoms with Crippen LogP contribution in [0.3, 0.4) is 0 Å². The average molecular weight is 412 g/mol. The Kier molecular flexibility index (Phi) is 6.44. The van der Waals surface area contributed by atoms with Crippen LogP contribution >= 0.6 is 0 Å². The molecule has 2 aromatic rings. The number of H-pyrrole nitrogens is 1. The van der Waals surface area contributed by atoms with Gasteiger partial charge in [0.05, 0.1) is 24.8 Å². The third-order valence-corrected chi connectivity index (χ3v) is 5.97. The lowest BCUT2D eigenvalue weighted by molar-refractivity contribution is -0.137. The van der Waals surface area contributed by atoms with Gasteiger partial charge in [-0.05, 0) is 31.4 Å². The number of aromatic carboxylic acids is 1. The normalized spacial score (nSPS) is 22.3. The number of aromatic nitrogens is 2. The highest BCUT2D eigenvalue weighted by Gasteiger charge is 2.34. The second-order valence-electron chi connectivity index (χ2n) is 8.14. The molecule has 2 atom stereocenters. The van der Waals surface area contributed by atoms with E-state index in [9.17, 15) is 14.7 Å². The quantitative estimate of drug-likeness (QED) is 0.723. The summed E-state index contributed by atoms with van der Waals surface area (Å²) in [5, 5.41) is 15.6. The van der Waals surface area contributed by atoms with Crippen molar-refractivity contribution < 1.29 is 19.4 Å². The van der Waals surface area contributed by atoms with Crippen molar-refractivity contribution in [3.63, 3.8) is 0 Å². The topological polar surface area (TPSA) is 98.8 Å². The Labute approximate surface area is 175 Å². The minimum Gasteiger partial charge on any atom is -0.477 e. The molecule has 0 radical (unpaired) electrons. The van der Waals surface area contributed by atoms with Crippen LogP contribution in [0.1, 0.15) is 40.9 Å². The third-order valence-electron chi connectivity index (χ3n) is 5.97. The lowest BCUT2D eigenvalue weighted by Gasteiger charge is -2.33. The van der Waals surface area contributed by atoms with E-state index in [1.165, 1.54) is 0 Å². The van der Waals surface area contributed by atoms with E-state index in [-0.39, 0.29) is 23.6 Å². The largest absolute Gasteiger partial charge is 0.477 e. The maximum Gasteiger partial charge on any atom is 0.354 e. The van der Waals surface area contributed by atoms with Crippen LogP contribution in [0.4, 0.5) is 0 Å². The van der Waals surface area contributed by atoms with Crippen LogP contribution in [0.15, 0.2) is 36.5 Å². The fourth-order valence-corrected chi connectivity index (χ4v) is 4.37. The van der Waals surface area contributed by atoms with Crippen molar-refractivity contribution in [2.45, 2.75) is 38.5 Å². The van der Waals surface area contributed by atoms with Gasteiger partial charge in [-0.15, -0.1) is 0 Å². The number of nitrogens with one attached hydrogen (secondary N) is 1. The van der Waals surface area contributed by atoms with Crippen LogP contribution in [0, 0.1) is 5.92 Å². The molecule has 2 aliphatic rings. The zero-order valence-electron chi connectivity index (χ0n) is 17.0. The molecular formula is C22H28N4O4. The van der Waals surface area contributed by atoms with Gasteiger partial charge < -0.3 is 14.7 Å². The molecule has 0 aliphatic carbocycles. The summed E-state index contributed by atoms with van der Waals surface area (Å²) in [5.41, 5.74) is 1.93. The van der Waals surface area contributed by atoms with Crippen molar-refractivity contribution in [3.8, 4) is 0 Å². The Morgan fingerprint density at radius 2 is 2.00 bits per heavy atom. The second-order valence-corrected chi connectivity index (χ2v) is 8.14. The van der Waals surface area contributed by atoms with Gasteiger partial charge in [0, 0.05) is 31.7 Å². The lowest BCUT2D eigenvalue weighted by atomic mass is 9.96. The molecule has 2 fully saturated rings. The van der Waals surface area contributed by atoms with Crippen LogP contribution in [-0.4, -0.2) is 69.3 Å². The Bertz CT molecular complexity index is 869. The Morgan fingerprint density at radius 1 is 1.17 bits per heavy atom. The number of benzene rings is 1. The highest BCUT2D eigenvalue weighted by atomic mass is 16.5. The number of carboxylic acids is 1. The first kappa shape index (κ1) is 20.6. The van der Waals surface area contributed by atoms with Gasteiger partial charge in [0.2, 0.25) is 5.91 Å². The van der Waals surface area contributed by atoms with E-state index >= 15 is 0 Å². The minimum absolute atomic E-state index is 0.0493. The molecule has 30 heavy (non-hydrogen) atoms. The van der Waals surface area contributed by atoms with E-state index in [0.29, 0.717) is 31.8 Å². The first-order chi connectivity index (χ1) is 14.6. The van der Waals surface area contributed by atoms with Crippen LogP contribution in [0.2, 0.25) is 0 Å². The molecule has 0 saturated carbocycles. The summed E-state index contributed by atoms with van der Waals surface area (Å²) in [5.74, 6) is -0.867. The van der Waals surface area contributed by atoms with Crippen molar-refractivity contribution in [1.29, 1.82) is 0 Å². The van der Waals surface area contributed by atoms with E-state index in [1.807, 2.05) is 35.2 Å². The predicted molar refractivity (Wildman–Crippen MR) is 110 cm³/mol. The maximum absolute atomic E-state index is 13.1. The minimum atomic E-state index is -1.01. The first-order valence-corrected chi connectivity index (χ1v) is 10.5. The van der Waals surface area contributed by atoms with Gasteiger partial charge in [0.15, 0.2) is 0 Å². The molecule has 4 rings (SSSR count). The molecule has 2 saturated heterocycles. The van der Waals surface area contributed by atoms with Crippen molar-refractivity contribution in [2.24, 2.45) is 5.92 Å². The van der Waals surface area contributed by atoms with Gasteiger partial charge in [0.1, 0.15) is 5.69 Å². The molecule has 8 nitrogen and oxygen atoms in total. The summed E-state index contributed by atoms with van der Waals surface area (Å²) in [6.45, 7) is 3.95. The predicted octanol–water partition coefficient (Wildman–Crippen LogP) is 2.14. The standard InChI is InChI=1S/C22H28N4O4/c27-21(26-10-8-19(14-26)30-15-16-5-2-1-3-6-16)17-7-4-9-25(12-17)13-18-11-23-24-20(18)22(28)29/h1-3,5-6,11,17,19H,4,7-10,12-15H2,(H,23,24)(H,28,29)/t17-,19-/m1/s1. The SMILES string of the molecule is O=C(O)c1[nH]ncc1CN1CCC[C@@H](C(=O)N2CC[C@@H](OCc3ccccc3)C2)C1. The smallest absolute Gasteiger partial charge is 0.354 e. The van der Waals surface area contributed by atoms with Crippen molar-refractivity contribution in [1.82, 2.24) is 20.0 Å². The van der Waals surface area contributed by atoms with Gasteiger partial charge in [-0.1, -0.05) is 30.3 Å². The molecule has 8 heteroatoms. The van der Waals surface area contributed by atoms with E-state index < -0.39 is 5.97 Å². The number of hydrogen-bond acceptors (Lipinski definition) is 5. The zero-order chi connectivity index (χ0) is 20.9. The number of amides is 1. The zero-order valence-corrected chi connectivity index (χ0v) is 17.0. The molecule has 2 aliphatic heterocycles. The van der Waals surface area contributed by atoms with Crippen LogP contribution in [0.5, 0.6) is 0 Å². The van der Waals surface area contributed by atoms with Crippen LogP contribution in [0.25, 0.3) is 0 Å². The molecule has 1 amide bonds. The van der Waals surface area contributed by atoms with Crippen molar-refractivity contribution in [3.05, 3.63) is 53.3 Å². The Hall–Kier alpha value is -2.71. The highest BCUT2D eigenvalue weighted by Crippen LogP contribution is 2.24. The number of likely N-dealkylation sites (tertiary alicyclic amines) is 2. The molecule has 2 N–H and O–H groups in total. The summed E-state index contributed by atoms with van der Waals surface area (Å²) in [7, 11) is 0. The number of nitrogens with zero attached hydrogens (tertiary/aromatic N) is 3. The van der Waals surface area contributed by atoms with Gasteiger partial charge in [-0.25, -0.2) is 4.79 Å². The third kappa shape index (κ3) is 4.88. The maximum atomic E-state index is 13.1. The Balaban J connectivity index is 1.28. The molecule has 1 aromatic carbocycles. The van der Waals surface area contributed by atoms with Gasteiger partial charge in [0.25, 0.3) is 0 Å². The van der Waals surface area contributed by atoms with Crippen molar-refractivity contribution in [2.75, 3.05) is 26.2 Å². The average Bonchev–Trinajstić information content (AvgIpc) is 3.42. The van der Waals surface area contributed by atoms with Gasteiger partial charge in [-0.2, -0.15) is 5.10 Å². The molecule has 3 heterocycles. The molecule has 0 bridgehead atoms. The summed E-state index contributed by atoms with van der Waals surface area (Å²) in [4.78, 5) is 28.4. The molecule has 0 spiro atoms. The number of ether oxygens (including phenoxy) is 1. The number of hydrogen-bond donors (Lipinski definition) is 2. The second kappa shape index (κ2) is 9.40. The van der Waals surface area contributed by atoms with Gasteiger partial charge >= 0.3 is 5.97 Å². The molecular weight excluding hydrogens is 384 g/mol. The van der Waals surface area contributed by atoms with E-state index in [2.05, 4.69) is 15.1 Å².